The van der Waals surface area contributed by atoms with Crippen molar-refractivity contribution in [2.75, 3.05) is 65.6 Å². The quantitative estimate of drug-likeness (QED) is 0.0626. The number of amides is 2. The molecular formula is C35H66N4O8. The summed E-state index contributed by atoms with van der Waals surface area (Å²) in [7, 11) is 0. The van der Waals surface area contributed by atoms with Crippen molar-refractivity contribution in [1.82, 2.24) is 20.4 Å². The predicted octanol–water partition coefficient (Wildman–Crippen LogP) is 5.81. The maximum Gasteiger partial charge on any atom is 0.407 e. The van der Waals surface area contributed by atoms with Gasteiger partial charge >= 0.3 is 24.1 Å². The van der Waals surface area contributed by atoms with E-state index in [4.69, 9.17) is 18.9 Å². The summed E-state index contributed by atoms with van der Waals surface area (Å²) in [6.45, 7) is 14.6. The third-order valence-electron chi connectivity index (χ3n) is 8.33. The highest BCUT2D eigenvalue weighted by Crippen LogP contribution is 2.10. The Labute approximate surface area is 284 Å². The first kappa shape index (κ1) is 42.4. The Hall–Kier alpha value is -2.60. The maximum atomic E-state index is 12.4. The topological polar surface area (TPSA) is 136 Å². The largest absolute Gasteiger partial charge is 0.466 e. The van der Waals surface area contributed by atoms with Gasteiger partial charge in [-0.3, -0.25) is 9.59 Å². The van der Waals surface area contributed by atoms with Crippen molar-refractivity contribution in [2.24, 2.45) is 0 Å². The first-order chi connectivity index (χ1) is 22.8. The smallest absolute Gasteiger partial charge is 0.407 e. The van der Waals surface area contributed by atoms with E-state index in [1.165, 1.54) is 19.3 Å². The number of carbonyl (C=O) groups is 4. The number of rotatable bonds is 27. The van der Waals surface area contributed by atoms with Crippen molar-refractivity contribution in [3.8, 4) is 0 Å². The Balaban J connectivity index is 2.28. The van der Waals surface area contributed by atoms with Crippen LogP contribution in [0.15, 0.2) is 0 Å². The number of nitrogens with zero attached hydrogens (tertiary/aromatic N) is 2. The van der Waals surface area contributed by atoms with Gasteiger partial charge in [-0.25, -0.2) is 9.59 Å². The van der Waals surface area contributed by atoms with Gasteiger partial charge in [0, 0.05) is 39.3 Å². The predicted molar refractivity (Wildman–Crippen MR) is 183 cm³/mol. The molecule has 1 saturated heterocycles. The van der Waals surface area contributed by atoms with E-state index in [-0.39, 0.29) is 37.0 Å². The highest BCUT2D eigenvalue weighted by molar-refractivity contribution is 5.70. The first-order valence-corrected chi connectivity index (χ1v) is 18.5. The molecule has 2 amide bonds. The van der Waals surface area contributed by atoms with Crippen molar-refractivity contribution in [3.05, 3.63) is 0 Å². The number of piperidine rings is 1. The summed E-state index contributed by atoms with van der Waals surface area (Å²) in [4.78, 5) is 53.3. The van der Waals surface area contributed by atoms with Crippen LogP contribution in [0.1, 0.15) is 124 Å². The van der Waals surface area contributed by atoms with Gasteiger partial charge < -0.3 is 39.4 Å². The molecule has 1 aliphatic rings. The SMILES string of the molecule is CCCC(CC)OC(=O)NCCCCOC(=O)CCN(CCC(=O)OCCCCNC(=O)OC(CC)CCC)CCN1CCCCC1. The molecule has 12 nitrogen and oxygen atoms in total. The van der Waals surface area contributed by atoms with Crippen molar-refractivity contribution in [3.63, 3.8) is 0 Å². The Morgan fingerprint density at radius 3 is 1.55 bits per heavy atom. The van der Waals surface area contributed by atoms with Crippen LogP contribution in [-0.4, -0.2) is 112 Å². The number of ether oxygens (including phenoxy) is 4. The van der Waals surface area contributed by atoms with Crippen LogP contribution in [0.5, 0.6) is 0 Å². The fourth-order valence-electron chi connectivity index (χ4n) is 5.37. The minimum absolute atomic E-state index is 0.0485. The van der Waals surface area contributed by atoms with Gasteiger partial charge in [-0.15, -0.1) is 0 Å². The number of alkyl carbamates (subject to hydrolysis) is 2. The number of hydrogen-bond acceptors (Lipinski definition) is 10. The molecule has 0 radical (unpaired) electrons. The van der Waals surface area contributed by atoms with E-state index in [0.717, 1.165) is 64.7 Å². The van der Waals surface area contributed by atoms with E-state index in [2.05, 4.69) is 34.3 Å². The standard InChI is InChI=1S/C35H66N4O8/c1-5-16-30(7-3)46-34(42)36-20-10-14-28-44-32(40)18-24-39(27-26-38-22-12-9-13-23-38)25-19-33(41)45-29-15-11-21-37-35(43)47-31(8-4)17-6-2/h30-31H,5-29H2,1-4H3,(H,36,42)(H,37,43). The molecule has 1 fully saturated rings. The van der Waals surface area contributed by atoms with Gasteiger partial charge in [0.25, 0.3) is 0 Å². The summed E-state index contributed by atoms with van der Waals surface area (Å²) >= 11 is 0. The number of carbonyl (C=O) groups excluding carboxylic acids is 4. The zero-order chi connectivity index (χ0) is 34.5. The maximum absolute atomic E-state index is 12.4. The molecule has 1 heterocycles. The normalized spacial score (nSPS) is 14.7. The Bertz CT molecular complexity index is 784. The van der Waals surface area contributed by atoms with E-state index in [1.54, 1.807) is 0 Å². The van der Waals surface area contributed by atoms with E-state index >= 15 is 0 Å². The molecule has 0 aromatic rings. The zero-order valence-corrected chi connectivity index (χ0v) is 30.0. The molecule has 2 unspecified atom stereocenters. The molecule has 12 heteroatoms. The second kappa shape index (κ2) is 28.4. The Kier molecular flexibility index (Phi) is 25.6. The lowest BCUT2D eigenvalue weighted by atomic mass is 10.1. The van der Waals surface area contributed by atoms with Crippen molar-refractivity contribution < 1.29 is 38.1 Å². The highest BCUT2D eigenvalue weighted by Gasteiger charge is 2.16. The molecule has 2 atom stereocenters. The van der Waals surface area contributed by atoms with E-state index in [0.29, 0.717) is 65.1 Å². The molecule has 0 bridgehead atoms. The Morgan fingerprint density at radius 1 is 0.660 bits per heavy atom. The lowest BCUT2D eigenvalue weighted by Gasteiger charge is -2.29. The summed E-state index contributed by atoms with van der Waals surface area (Å²) in [6.07, 6.45) is 11.3. The molecule has 0 aliphatic carbocycles. The molecule has 274 valence electrons. The summed E-state index contributed by atoms with van der Waals surface area (Å²) in [6, 6.07) is 0. The van der Waals surface area contributed by atoms with E-state index < -0.39 is 12.2 Å². The minimum atomic E-state index is -0.394. The number of unbranched alkanes of at least 4 members (excludes halogenated alkanes) is 2. The van der Waals surface area contributed by atoms with Crippen LogP contribution in [0.4, 0.5) is 9.59 Å². The van der Waals surface area contributed by atoms with Gasteiger partial charge in [0.15, 0.2) is 0 Å². The van der Waals surface area contributed by atoms with Gasteiger partial charge in [-0.05, 0) is 77.3 Å². The van der Waals surface area contributed by atoms with Crippen LogP contribution in [0.2, 0.25) is 0 Å². The minimum Gasteiger partial charge on any atom is -0.466 e. The third kappa shape index (κ3) is 23.4. The molecule has 1 rings (SSSR count). The van der Waals surface area contributed by atoms with E-state index in [9.17, 15) is 19.2 Å². The van der Waals surface area contributed by atoms with Crippen LogP contribution >= 0.6 is 0 Å². The lowest BCUT2D eigenvalue weighted by Crippen LogP contribution is -2.39. The van der Waals surface area contributed by atoms with Crippen LogP contribution in [0, 0.1) is 0 Å². The Morgan fingerprint density at radius 2 is 1.13 bits per heavy atom. The summed E-state index contributed by atoms with van der Waals surface area (Å²) in [5.41, 5.74) is 0. The second-order valence-corrected chi connectivity index (χ2v) is 12.4. The van der Waals surface area contributed by atoms with Crippen LogP contribution in [0.25, 0.3) is 0 Å². The fraction of sp³-hybridized carbons (Fsp3) is 0.886. The lowest BCUT2D eigenvalue weighted by molar-refractivity contribution is -0.144. The third-order valence-corrected chi connectivity index (χ3v) is 8.33. The van der Waals surface area contributed by atoms with Gasteiger partial charge in [0.2, 0.25) is 0 Å². The van der Waals surface area contributed by atoms with Crippen molar-refractivity contribution in [2.45, 2.75) is 136 Å². The molecule has 47 heavy (non-hydrogen) atoms. The molecule has 0 aromatic carbocycles. The van der Waals surface area contributed by atoms with E-state index in [1.807, 2.05) is 13.8 Å². The molecule has 0 saturated carbocycles. The molecule has 0 aromatic heterocycles. The molecule has 1 aliphatic heterocycles. The monoisotopic (exact) mass is 670 g/mol. The van der Waals surface area contributed by atoms with Gasteiger partial charge in [0.1, 0.15) is 12.2 Å². The summed E-state index contributed by atoms with van der Waals surface area (Å²) in [5.74, 6) is -0.525. The van der Waals surface area contributed by atoms with Gasteiger partial charge in [-0.2, -0.15) is 0 Å². The molecule has 2 N–H and O–H groups in total. The molecular weight excluding hydrogens is 604 g/mol. The number of nitrogens with one attached hydrogen (secondary N) is 2. The summed E-state index contributed by atoms with van der Waals surface area (Å²) in [5, 5.41) is 5.53. The average Bonchev–Trinajstić information content (AvgIpc) is 3.07. The van der Waals surface area contributed by atoms with Crippen molar-refractivity contribution in [1.29, 1.82) is 0 Å². The van der Waals surface area contributed by atoms with Crippen LogP contribution < -0.4 is 10.6 Å². The number of likely N-dealkylation sites (tertiary alicyclic amines) is 1. The highest BCUT2D eigenvalue weighted by atomic mass is 16.6. The van der Waals surface area contributed by atoms with Crippen molar-refractivity contribution >= 4 is 24.1 Å². The van der Waals surface area contributed by atoms with Crippen LogP contribution in [-0.2, 0) is 28.5 Å². The fourth-order valence-corrected chi connectivity index (χ4v) is 5.37. The van der Waals surface area contributed by atoms with Gasteiger partial charge in [-0.1, -0.05) is 47.0 Å². The number of esters is 2. The van der Waals surface area contributed by atoms with Gasteiger partial charge in [0.05, 0.1) is 26.1 Å². The zero-order valence-electron chi connectivity index (χ0n) is 30.0. The molecule has 0 spiro atoms. The average molecular weight is 671 g/mol. The second-order valence-electron chi connectivity index (χ2n) is 12.4. The summed E-state index contributed by atoms with van der Waals surface area (Å²) < 4.78 is 21.7. The first-order valence-electron chi connectivity index (χ1n) is 18.5. The van der Waals surface area contributed by atoms with Crippen LogP contribution in [0.3, 0.4) is 0 Å². The number of hydrogen-bond donors (Lipinski definition) is 2.